The van der Waals surface area contributed by atoms with Gasteiger partial charge in [0, 0.05) is 51.4 Å². The Morgan fingerprint density at radius 1 is 1.20 bits per heavy atom. The van der Waals surface area contributed by atoms with Crippen molar-refractivity contribution in [3.8, 4) is 5.75 Å². The molecule has 3 N–H and O–H groups in total. The van der Waals surface area contributed by atoms with Crippen molar-refractivity contribution < 1.29 is 4.74 Å². The van der Waals surface area contributed by atoms with Crippen LogP contribution in [0.25, 0.3) is 0 Å². The lowest BCUT2D eigenvalue weighted by Gasteiger charge is -2.34. The minimum absolute atomic E-state index is 0.726. The normalized spacial score (nSPS) is 17.1. The molecule has 0 saturated carbocycles. The molecule has 0 spiro atoms. The Hall–Kier alpha value is -1.46. The van der Waals surface area contributed by atoms with Crippen LogP contribution in [0.3, 0.4) is 0 Å². The molecule has 2 rings (SSSR count). The molecule has 1 fully saturated rings. The van der Waals surface area contributed by atoms with Gasteiger partial charge in [-0.05, 0) is 12.6 Å². The van der Waals surface area contributed by atoms with E-state index in [4.69, 9.17) is 10.5 Å². The van der Waals surface area contributed by atoms with E-state index in [0.717, 1.165) is 56.4 Å². The lowest BCUT2D eigenvalue weighted by Crippen LogP contribution is -2.45. The quantitative estimate of drug-likeness (QED) is 0.799. The lowest BCUT2D eigenvalue weighted by molar-refractivity contribution is 0.131. The number of methoxy groups -OCH3 is 1. The summed E-state index contributed by atoms with van der Waals surface area (Å²) in [5.74, 6) is 0.874. The molecule has 1 saturated heterocycles. The average molecular weight is 278 g/mol. The van der Waals surface area contributed by atoms with Crippen molar-refractivity contribution >= 4 is 11.4 Å². The minimum atomic E-state index is 0.726. The first-order chi connectivity index (χ1) is 9.67. The lowest BCUT2D eigenvalue weighted by atomic mass is 10.1. The van der Waals surface area contributed by atoms with Crippen LogP contribution in [0.15, 0.2) is 12.1 Å². The van der Waals surface area contributed by atoms with Gasteiger partial charge in [0.05, 0.1) is 18.5 Å². The van der Waals surface area contributed by atoms with Crippen LogP contribution in [-0.4, -0.2) is 56.7 Å². The number of hydrogen-bond donors (Lipinski definition) is 2. The Labute approximate surface area is 121 Å². The SMILES string of the molecule is CCN1CCN(Cc2cc(NC)c(N)cc2OC)CC1. The van der Waals surface area contributed by atoms with Gasteiger partial charge in [-0.2, -0.15) is 0 Å². The van der Waals surface area contributed by atoms with E-state index in [1.165, 1.54) is 5.56 Å². The molecule has 0 unspecified atom stereocenters. The van der Waals surface area contributed by atoms with Crippen LogP contribution in [0.5, 0.6) is 5.75 Å². The van der Waals surface area contributed by atoms with Crippen LogP contribution in [0.1, 0.15) is 12.5 Å². The first-order valence-electron chi connectivity index (χ1n) is 7.26. The highest BCUT2D eigenvalue weighted by Gasteiger charge is 2.17. The van der Waals surface area contributed by atoms with Crippen LogP contribution in [0.2, 0.25) is 0 Å². The van der Waals surface area contributed by atoms with Crippen molar-refractivity contribution in [2.24, 2.45) is 0 Å². The Morgan fingerprint density at radius 3 is 2.40 bits per heavy atom. The summed E-state index contributed by atoms with van der Waals surface area (Å²) < 4.78 is 5.46. The number of likely N-dealkylation sites (N-methyl/N-ethyl adjacent to an activating group) is 1. The predicted molar refractivity (Wildman–Crippen MR) is 84.3 cm³/mol. The zero-order valence-electron chi connectivity index (χ0n) is 12.8. The summed E-state index contributed by atoms with van der Waals surface area (Å²) in [5, 5.41) is 3.13. The highest BCUT2D eigenvalue weighted by molar-refractivity contribution is 5.70. The van der Waals surface area contributed by atoms with Crippen molar-refractivity contribution in [1.29, 1.82) is 0 Å². The number of nitrogen functional groups attached to an aromatic ring is 1. The fraction of sp³-hybridized carbons (Fsp3) is 0.600. The van der Waals surface area contributed by atoms with Gasteiger partial charge in [-0.3, -0.25) is 4.90 Å². The molecule has 0 aliphatic carbocycles. The zero-order chi connectivity index (χ0) is 14.5. The molecule has 0 amide bonds. The number of ether oxygens (including phenoxy) is 1. The fourth-order valence-electron chi connectivity index (χ4n) is 2.68. The molecule has 5 heteroatoms. The van der Waals surface area contributed by atoms with Crippen molar-refractivity contribution in [3.05, 3.63) is 17.7 Å². The molecule has 1 aliphatic rings. The van der Waals surface area contributed by atoms with Crippen LogP contribution in [0.4, 0.5) is 11.4 Å². The maximum atomic E-state index is 5.98. The van der Waals surface area contributed by atoms with E-state index in [0.29, 0.717) is 0 Å². The Kier molecular flexibility index (Phi) is 5.09. The third-order valence-corrected chi connectivity index (χ3v) is 4.03. The van der Waals surface area contributed by atoms with E-state index < -0.39 is 0 Å². The van der Waals surface area contributed by atoms with Crippen LogP contribution >= 0.6 is 0 Å². The Bertz CT molecular complexity index is 442. The third kappa shape index (κ3) is 3.35. The first-order valence-corrected chi connectivity index (χ1v) is 7.26. The van der Waals surface area contributed by atoms with Gasteiger partial charge in [0.25, 0.3) is 0 Å². The number of nitrogens with zero attached hydrogens (tertiary/aromatic N) is 2. The summed E-state index contributed by atoms with van der Waals surface area (Å²) >= 11 is 0. The molecule has 0 bridgehead atoms. The fourth-order valence-corrected chi connectivity index (χ4v) is 2.68. The second-order valence-electron chi connectivity index (χ2n) is 5.21. The van der Waals surface area contributed by atoms with Crippen LogP contribution in [0, 0.1) is 0 Å². The van der Waals surface area contributed by atoms with Gasteiger partial charge in [-0.1, -0.05) is 6.92 Å². The predicted octanol–water partition coefficient (Wildman–Crippen LogP) is 1.46. The Balaban J connectivity index is 2.08. The summed E-state index contributed by atoms with van der Waals surface area (Å²) in [5.41, 5.74) is 8.87. The van der Waals surface area contributed by atoms with Gasteiger partial charge in [-0.25, -0.2) is 0 Å². The van der Waals surface area contributed by atoms with E-state index in [2.05, 4.69) is 28.1 Å². The number of rotatable bonds is 5. The molecule has 0 radical (unpaired) electrons. The van der Waals surface area contributed by atoms with E-state index in [1.54, 1.807) is 7.11 Å². The standard InChI is InChI=1S/C15H26N4O/c1-4-18-5-7-19(8-6-18)11-12-9-14(17-2)13(16)10-15(12)20-3/h9-10,17H,4-8,11,16H2,1-3H3. The van der Waals surface area contributed by atoms with Crippen molar-refractivity contribution in [3.63, 3.8) is 0 Å². The molecule has 112 valence electrons. The number of nitrogens with one attached hydrogen (secondary N) is 1. The number of benzene rings is 1. The largest absolute Gasteiger partial charge is 0.496 e. The number of hydrogen-bond acceptors (Lipinski definition) is 5. The molecule has 0 aromatic heterocycles. The molecule has 1 aromatic rings. The van der Waals surface area contributed by atoms with Crippen molar-refractivity contribution in [2.45, 2.75) is 13.5 Å². The van der Waals surface area contributed by atoms with E-state index in [9.17, 15) is 0 Å². The van der Waals surface area contributed by atoms with E-state index in [-0.39, 0.29) is 0 Å². The maximum Gasteiger partial charge on any atom is 0.125 e. The second kappa shape index (κ2) is 6.81. The summed E-state index contributed by atoms with van der Waals surface area (Å²) in [6.45, 7) is 8.78. The van der Waals surface area contributed by atoms with Gasteiger partial charge >= 0.3 is 0 Å². The minimum Gasteiger partial charge on any atom is -0.496 e. The van der Waals surface area contributed by atoms with E-state index >= 15 is 0 Å². The van der Waals surface area contributed by atoms with Gasteiger partial charge in [0.2, 0.25) is 0 Å². The van der Waals surface area contributed by atoms with Gasteiger partial charge in [-0.15, -0.1) is 0 Å². The van der Waals surface area contributed by atoms with Crippen LogP contribution in [-0.2, 0) is 6.54 Å². The number of anilines is 2. The number of nitrogens with two attached hydrogens (primary N) is 1. The first kappa shape index (κ1) is 14.9. The second-order valence-corrected chi connectivity index (χ2v) is 5.21. The van der Waals surface area contributed by atoms with Gasteiger partial charge in [0.15, 0.2) is 0 Å². The molecular formula is C15H26N4O. The maximum absolute atomic E-state index is 5.98. The van der Waals surface area contributed by atoms with E-state index in [1.807, 2.05) is 13.1 Å². The van der Waals surface area contributed by atoms with Crippen molar-refractivity contribution in [2.75, 3.05) is 57.9 Å². The molecule has 20 heavy (non-hydrogen) atoms. The zero-order valence-corrected chi connectivity index (χ0v) is 12.8. The molecular weight excluding hydrogens is 252 g/mol. The highest BCUT2D eigenvalue weighted by atomic mass is 16.5. The molecule has 1 heterocycles. The average Bonchev–Trinajstić information content (AvgIpc) is 2.49. The third-order valence-electron chi connectivity index (χ3n) is 4.03. The highest BCUT2D eigenvalue weighted by Crippen LogP contribution is 2.30. The monoisotopic (exact) mass is 278 g/mol. The van der Waals surface area contributed by atoms with Gasteiger partial charge in [0.1, 0.15) is 5.75 Å². The topological polar surface area (TPSA) is 53.8 Å². The summed E-state index contributed by atoms with van der Waals surface area (Å²) in [6, 6.07) is 4.00. The summed E-state index contributed by atoms with van der Waals surface area (Å²) in [6.07, 6.45) is 0. The molecule has 5 nitrogen and oxygen atoms in total. The van der Waals surface area contributed by atoms with Crippen LogP contribution < -0.4 is 15.8 Å². The molecule has 1 aromatic carbocycles. The van der Waals surface area contributed by atoms with Crippen molar-refractivity contribution in [1.82, 2.24) is 9.80 Å². The summed E-state index contributed by atoms with van der Waals surface area (Å²) in [4.78, 5) is 4.95. The molecule has 1 aliphatic heterocycles. The summed E-state index contributed by atoms with van der Waals surface area (Å²) in [7, 11) is 3.59. The smallest absolute Gasteiger partial charge is 0.125 e. The van der Waals surface area contributed by atoms with Gasteiger partial charge < -0.3 is 20.7 Å². The number of piperazine rings is 1. The molecule has 0 atom stereocenters. The Morgan fingerprint density at radius 2 is 1.85 bits per heavy atom.